The van der Waals surface area contributed by atoms with Gasteiger partial charge in [-0.05, 0) is 107 Å². The van der Waals surface area contributed by atoms with Crippen molar-refractivity contribution in [2.75, 3.05) is 25.0 Å². The third kappa shape index (κ3) is 8.41. The molecule has 0 amide bonds. The SMILES string of the molecule is CC[C@@H](NCc1nc2c(c(N[C@@H](CN3CCC[C@H](O)C3)c3cnn(CC)c3)n1)C[C@H](c1cccc(F)c1)CC2)C1CCC(C(=O)O)CC1. The Labute approximate surface area is 283 Å². The van der Waals surface area contributed by atoms with Crippen LogP contribution in [-0.2, 0) is 30.7 Å². The van der Waals surface area contributed by atoms with Crippen LogP contribution in [0.25, 0.3) is 0 Å². The lowest BCUT2D eigenvalue weighted by atomic mass is 9.78. The summed E-state index contributed by atoms with van der Waals surface area (Å²) in [5.41, 5.74) is 4.21. The fraction of sp³-hybridized carbons (Fsp3) is 0.622. The van der Waals surface area contributed by atoms with Gasteiger partial charge in [-0.15, -0.1) is 0 Å². The number of carboxylic acids is 1. The average Bonchev–Trinajstić information content (AvgIpc) is 3.58. The third-order valence-corrected chi connectivity index (χ3v) is 10.9. The number of aliphatic hydroxyl groups is 1. The minimum absolute atomic E-state index is 0.0993. The number of carbonyl (C=O) groups is 1. The molecule has 48 heavy (non-hydrogen) atoms. The zero-order valence-electron chi connectivity index (χ0n) is 28.5. The number of benzene rings is 1. The molecule has 0 unspecified atom stereocenters. The van der Waals surface area contributed by atoms with E-state index in [-0.39, 0.29) is 35.8 Å². The van der Waals surface area contributed by atoms with Crippen LogP contribution in [0.5, 0.6) is 0 Å². The Morgan fingerprint density at radius 2 is 1.96 bits per heavy atom. The van der Waals surface area contributed by atoms with Gasteiger partial charge in [-0.2, -0.15) is 5.10 Å². The first-order valence-electron chi connectivity index (χ1n) is 18.1. The molecule has 260 valence electrons. The molecule has 0 spiro atoms. The molecule has 4 atom stereocenters. The van der Waals surface area contributed by atoms with Crippen LogP contribution < -0.4 is 10.6 Å². The molecule has 1 aliphatic heterocycles. The van der Waals surface area contributed by atoms with Crippen LogP contribution in [0.15, 0.2) is 36.7 Å². The molecule has 1 saturated carbocycles. The number of aryl methyl sites for hydroxylation is 2. The Morgan fingerprint density at radius 1 is 1.12 bits per heavy atom. The van der Waals surface area contributed by atoms with E-state index in [9.17, 15) is 19.4 Å². The van der Waals surface area contributed by atoms with E-state index >= 15 is 0 Å². The predicted octanol–water partition coefficient (Wildman–Crippen LogP) is 5.47. The molecule has 11 heteroatoms. The number of piperidine rings is 1. The van der Waals surface area contributed by atoms with Crippen molar-refractivity contribution in [3.63, 3.8) is 0 Å². The van der Waals surface area contributed by atoms with Gasteiger partial charge >= 0.3 is 5.97 Å². The number of aromatic nitrogens is 4. The van der Waals surface area contributed by atoms with Gasteiger partial charge in [-0.1, -0.05) is 19.1 Å². The van der Waals surface area contributed by atoms with Crippen LogP contribution >= 0.6 is 0 Å². The van der Waals surface area contributed by atoms with Crippen LogP contribution in [0.3, 0.4) is 0 Å². The predicted molar refractivity (Wildman–Crippen MR) is 183 cm³/mol. The van der Waals surface area contributed by atoms with Crippen molar-refractivity contribution >= 4 is 11.8 Å². The van der Waals surface area contributed by atoms with Crippen molar-refractivity contribution in [1.82, 2.24) is 30.0 Å². The molecule has 0 radical (unpaired) electrons. The largest absolute Gasteiger partial charge is 0.481 e. The number of aliphatic hydroxyl groups excluding tert-OH is 1. The number of β-amino-alcohol motifs (C(OH)–C–C–N with tert-alkyl or cyclic N) is 1. The van der Waals surface area contributed by atoms with Crippen LogP contribution in [0, 0.1) is 17.7 Å². The van der Waals surface area contributed by atoms with Gasteiger partial charge in [0.1, 0.15) is 17.5 Å². The normalized spacial score (nSPS) is 24.5. The summed E-state index contributed by atoms with van der Waals surface area (Å²) in [5, 5.41) is 32.1. The van der Waals surface area contributed by atoms with E-state index in [0.717, 1.165) is 111 Å². The summed E-state index contributed by atoms with van der Waals surface area (Å²) in [6.07, 6.45) is 12.2. The van der Waals surface area contributed by atoms with Gasteiger partial charge in [0, 0.05) is 48.7 Å². The second-order valence-electron chi connectivity index (χ2n) is 14.1. The number of hydrogen-bond acceptors (Lipinski definition) is 8. The zero-order valence-corrected chi connectivity index (χ0v) is 28.5. The highest BCUT2D eigenvalue weighted by Crippen LogP contribution is 2.37. The first-order chi connectivity index (χ1) is 23.3. The Morgan fingerprint density at radius 3 is 2.67 bits per heavy atom. The van der Waals surface area contributed by atoms with Crippen LogP contribution in [-0.4, -0.2) is 72.6 Å². The van der Waals surface area contributed by atoms with Crippen LogP contribution in [0.1, 0.15) is 105 Å². The van der Waals surface area contributed by atoms with Gasteiger partial charge in [0.15, 0.2) is 0 Å². The van der Waals surface area contributed by atoms with E-state index in [2.05, 4.69) is 40.7 Å². The Hall–Kier alpha value is -3.41. The molecule has 6 rings (SSSR count). The second-order valence-corrected chi connectivity index (χ2v) is 14.1. The number of carboxylic acid groups (broad SMARTS) is 1. The summed E-state index contributed by atoms with van der Waals surface area (Å²) in [6, 6.07) is 7.13. The highest BCUT2D eigenvalue weighted by Gasteiger charge is 2.31. The Balaban J connectivity index is 1.27. The van der Waals surface area contributed by atoms with E-state index in [1.807, 2.05) is 16.9 Å². The fourth-order valence-corrected chi connectivity index (χ4v) is 8.13. The fourth-order valence-electron chi connectivity index (χ4n) is 8.13. The smallest absolute Gasteiger partial charge is 0.306 e. The van der Waals surface area contributed by atoms with Crippen molar-refractivity contribution in [3.8, 4) is 0 Å². The van der Waals surface area contributed by atoms with Crippen LogP contribution in [0.4, 0.5) is 10.2 Å². The van der Waals surface area contributed by atoms with Gasteiger partial charge < -0.3 is 20.8 Å². The molecule has 2 fully saturated rings. The molecule has 2 aromatic heterocycles. The molecule has 10 nitrogen and oxygen atoms in total. The topological polar surface area (TPSA) is 128 Å². The van der Waals surface area contributed by atoms with Crippen molar-refractivity contribution in [3.05, 3.63) is 70.7 Å². The first kappa shape index (κ1) is 34.5. The summed E-state index contributed by atoms with van der Waals surface area (Å²) >= 11 is 0. The van der Waals surface area contributed by atoms with Crippen molar-refractivity contribution in [2.45, 2.75) is 115 Å². The minimum atomic E-state index is -0.673. The molecule has 4 N–H and O–H groups in total. The van der Waals surface area contributed by atoms with E-state index in [4.69, 9.17) is 9.97 Å². The molecule has 0 bridgehead atoms. The van der Waals surface area contributed by atoms with E-state index in [1.165, 1.54) is 6.07 Å². The Bertz CT molecular complexity index is 1520. The molecule has 1 saturated heterocycles. The zero-order chi connectivity index (χ0) is 33.6. The molecule has 3 aliphatic rings. The number of rotatable bonds is 13. The highest BCUT2D eigenvalue weighted by molar-refractivity contribution is 5.70. The second kappa shape index (κ2) is 15.9. The lowest BCUT2D eigenvalue weighted by Crippen LogP contribution is -2.41. The van der Waals surface area contributed by atoms with Crippen molar-refractivity contribution < 1.29 is 19.4 Å². The van der Waals surface area contributed by atoms with Gasteiger partial charge in [-0.25, -0.2) is 14.4 Å². The maximum absolute atomic E-state index is 14.3. The maximum Gasteiger partial charge on any atom is 0.306 e. The number of hydrogen-bond donors (Lipinski definition) is 4. The molecule has 3 heterocycles. The van der Waals surface area contributed by atoms with Crippen molar-refractivity contribution in [2.24, 2.45) is 11.8 Å². The summed E-state index contributed by atoms with van der Waals surface area (Å²) in [4.78, 5) is 24.1. The van der Waals surface area contributed by atoms with Gasteiger partial charge in [-0.3, -0.25) is 14.4 Å². The molecule has 3 aromatic rings. The number of nitrogens with one attached hydrogen (secondary N) is 2. The quantitative estimate of drug-likeness (QED) is 0.188. The van der Waals surface area contributed by atoms with E-state index in [0.29, 0.717) is 25.6 Å². The monoisotopic (exact) mass is 661 g/mol. The maximum atomic E-state index is 14.3. The average molecular weight is 662 g/mol. The summed E-state index contributed by atoms with van der Waals surface area (Å²) in [5.74, 6) is 1.06. The van der Waals surface area contributed by atoms with Gasteiger partial charge in [0.05, 0.1) is 30.8 Å². The number of nitrogens with zero attached hydrogens (tertiary/aromatic N) is 5. The molecular weight excluding hydrogens is 609 g/mol. The molecule has 2 aliphatic carbocycles. The number of aliphatic carboxylic acids is 1. The Kier molecular flexibility index (Phi) is 11.4. The first-order valence-corrected chi connectivity index (χ1v) is 18.1. The highest BCUT2D eigenvalue weighted by atomic mass is 19.1. The summed E-state index contributed by atoms with van der Waals surface area (Å²) in [6.45, 7) is 7.86. The van der Waals surface area contributed by atoms with Crippen molar-refractivity contribution in [1.29, 1.82) is 0 Å². The number of halogens is 1. The standard InChI is InChI=1S/C37H52FN7O3/c1-3-32(24-10-12-25(13-11-24)37(47)48)39-20-35-41-33-15-14-27(26-7-5-8-29(38)17-26)18-31(33)36(43-35)42-34(28-19-40-45(4-2)21-28)23-44-16-6-9-30(46)22-44/h5,7-8,17,19,21,24-25,27,30,32,34,39,46H,3-4,6,9-16,18,20,22-23H2,1-2H3,(H,47,48)(H,41,42,43)/t24?,25?,27-,30+,32-,34+/m1/s1. The lowest BCUT2D eigenvalue weighted by Gasteiger charge is -2.34. The number of fused-ring (bicyclic) bond motifs is 1. The van der Waals surface area contributed by atoms with Crippen LogP contribution in [0.2, 0.25) is 0 Å². The summed E-state index contributed by atoms with van der Waals surface area (Å²) in [7, 11) is 0. The number of anilines is 1. The lowest BCUT2D eigenvalue weighted by molar-refractivity contribution is -0.143. The number of likely N-dealkylation sites (tertiary alicyclic amines) is 1. The van der Waals surface area contributed by atoms with E-state index in [1.54, 1.807) is 12.1 Å². The third-order valence-electron chi connectivity index (χ3n) is 10.9. The van der Waals surface area contributed by atoms with E-state index < -0.39 is 5.97 Å². The van der Waals surface area contributed by atoms with Gasteiger partial charge in [0.25, 0.3) is 0 Å². The molecule has 1 aromatic carbocycles. The minimum Gasteiger partial charge on any atom is -0.481 e. The molecular formula is C37H52FN7O3. The summed E-state index contributed by atoms with van der Waals surface area (Å²) < 4.78 is 16.2. The van der Waals surface area contributed by atoms with Gasteiger partial charge in [0.2, 0.25) is 0 Å².